The molecule has 0 aromatic heterocycles. The largest absolute Gasteiger partial charge is 0.454 e. The minimum absolute atomic E-state index is 0.143. The fourth-order valence-electron chi connectivity index (χ4n) is 1.19. The highest BCUT2D eigenvalue weighted by molar-refractivity contribution is 5.97. The Bertz CT molecular complexity index is 351. The number of nitrogen functional groups attached to an aromatic ring is 1. The first kappa shape index (κ1) is 7.88. The number of fused-ring (bicyclic) bond motifs is 1. The highest BCUT2D eigenvalue weighted by atomic mass is 16.7. The summed E-state index contributed by atoms with van der Waals surface area (Å²) in [6.45, 7) is 0.143. The summed E-state index contributed by atoms with van der Waals surface area (Å²) in [4.78, 5) is 11.2. The van der Waals surface area contributed by atoms with Crippen molar-refractivity contribution in [3.63, 3.8) is 0 Å². The van der Waals surface area contributed by atoms with Crippen LogP contribution < -0.4 is 20.7 Å². The van der Waals surface area contributed by atoms with E-state index in [2.05, 4.69) is 0 Å². The molecule has 0 unspecified atom stereocenters. The van der Waals surface area contributed by atoms with Gasteiger partial charge in [-0.3, -0.25) is 10.2 Å². The van der Waals surface area contributed by atoms with Crippen molar-refractivity contribution in [3.05, 3.63) is 23.8 Å². The number of carbonyl (C=O) groups excluding carboxylic acids is 1. The lowest BCUT2D eigenvalue weighted by molar-refractivity contribution is 0.0949. The van der Waals surface area contributed by atoms with Crippen LogP contribution in [0.1, 0.15) is 10.4 Å². The second-order valence-electron chi connectivity index (χ2n) is 2.51. The number of para-hydroxylation sites is 1. The van der Waals surface area contributed by atoms with Crippen LogP contribution in [0, 0.1) is 0 Å². The average molecular weight is 180 g/mol. The quantitative estimate of drug-likeness (QED) is 0.363. The van der Waals surface area contributed by atoms with Gasteiger partial charge in [-0.1, -0.05) is 6.07 Å². The van der Waals surface area contributed by atoms with Gasteiger partial charge in [0.25, 0.3) is 5.91 Å². The molecule has 0 atom stereocenters. The zero-order chi connectivity index (χ0) is 9.26. The van der Waals surface area contributed by atoms with Crippen molar-refractivity contribution in [3.8, 4) is 11.5 Å². The van der Waals surface area contributed by atoms with Gasteiger partial charge in [0.2, 0.25) is 6.79 Å². The second-order valence-corrected chi connectivity index (χ2v) is 2.51. The Balaban J connectivity index is 2.47. The minimum atomic E-state index is -0.387. The average Bonchev–Trinajstić information content (AvgIpc) is 2.63. The SMILES string of the molecule is NNC(=O)c1cccc2c1OCO2. The van der Waals surface area contributed by atoms with Crippen LogP contribution >= 0.6 is 0 Å². The Hall–Kier alpha value is -1.75. The van der Waals surface area contributed by atoms with Crippen molar-refractivity contribution in [2.75, 3.05) is 6.79 Å². The van der Waals surface area contributed by atoms with Gasteiger partial charge in [-0.15, -0.1) is 0 Å². The maximum atomic E-state index is 11.2. The zero-order valence-corrected chi connectivity index (χ0v) is 6.74. The number of nitrogens with two attached hydrogens (primary N) is 1. The number of amides is 1. The van der Waals surface area contributed by atoms with Crippen LogP contribution in [-0.4, -0.2) is 12.7 Å². The van der Waals surface area contributed by atoms with Gasteiger partial charge >= 0.3 is 0 Å². The van der Waals surface area contributed by atoms with Gasteiger partial charge in [0, 0.05) is 0 Å². The topological polar surface area (TPSA) is 73.6 Å². The van der Waals surface area contributed by atoms with Gasteiger partial charge in [0.05, 0.1) is 5.56 Å². The van der Waals surface area contributed by atoms with E-state index < -0.39 is 0 Å². The first-order chi connectivity index (χ1) is 6.33. The van der Waals surface area contributed by atoms with Crippen molar-refractivity contribution in [2.45, 2.75) is 0 Å². The van der Waals surface area contributed by atoms with Gasteiger partial charge in [-0.25, -0.2) is 5.84 Å². The molecule has 1 amide bonds. The van der Waals surface area contributed by atoms with Crippen LogP contribution in [0.4, 0.5) is 0 Å². The normalized spacial score (nSPS) is 12.7. The molecule has 0 fully saturated rings. The zero-order valence-electron chi connectivity index (χ0n) is 6.74. The van der Waals surface area contributed by atoms with Crippen LogP contribution in [0.3, 0.4) is 0 Å². The Morgan fingerprint density at radius 1 is 1.46 bits per heavy atom. The molecule has 68 valence electrons. The van der Waals surface area contributed by atoms with Crippen LogP contribution in [0.15, 0.2) is 18.2 Å². The molecule has 0 radical (unpaired) electrons. The molecular weight excluding hydrogens is 172 g/mol. The number of hydrogen-bond donors (Lipinski definition) is 2. The van der Waals surface area contributed by atoms with E-state index in [-0.39, 0.29) is 12.7 Å². The lowest BCUT2D eigenvalue weighted by Crippen LogP contribution is -2.30. The summed E-state index contributed by atoms with van der Waals surface area (Å²) in [5.41, 5.74) is 2.42. The summed E-state index contributed by atoms with van der Waals surface area (Å²) in [5, 5.41) is 0. The molecular formula is C8H8N2O3. The number of nitrogens with one attached hydrogen (secondary N) is 1. The standard InChI is InChI=1S/C8H8N2O3/c9-10-8(11)5-2-1-3-6-7(5)13-4-12-6/h1-3H,4,9H2,(H,10,11). The molecule has 3 N–H and O–H groups in total. The van der Waals surface area contributed by atoms with Gasteiger partial charge in [-0.05, 0) is 12.1 Å². The summed E-state index contributed by atoms with van der Waals surface area (Å²) in [7, 11) is 0. The Morgan fingerprint density at radius 2 is 2.31 bits per heavy atom. The number of carbonyl (C=O) groups is 1. The van der Waals surface area contributed by atoms with Gasteiger partial charge in [-0.2, -0.15) is 0 Å². The van der Waals surface area contributed by atoms with Crippen molar-refractivity contribution < 1.29 is 14.3 Å². The molecule has 1 aromatic rings. The number of hydrazine groups is 1. The third kappa shape index (κ3) is 1.19. The minimum Gasteiger partial charge on any atom is -0.454 e. The van der Waals surface area contributed by atoms with Gasteiger partial charge in [0.15, 0.2) is 11.5 Å². The molecule has 0 saturated carbocycles. The van der Waals surface area contributed by atoms with Crippen molar-refractivity contribution in [1.82, 2.24) is 5.43 Å². The second kappa shape index (κ2) is 2.95. The van der Waals surface area contributed by atoms with E-state index in [0.29, 0.717) is 17.1 Å². The summed E-state index contributed by atoms with van der Waals surface area (Å²) >= 11 is 0. The molecule has 1 aromatic carbocycles. The summed E-state index contributed by atoms with van der Waals surface area (Å²) < 4.78 is 10.2. The third-order valence-electron chi connectivity index (χ3n) is 1.77. The van der Waals surface area contributed by atoms with Crippen LogP contribution in [0.25, 0.3) is 0 Å². The van der Waals surface area contributed by atoms with E-state index in [1.165, 1.54) is 0 Å². The number of rotatable bonds is 1. The fourth-order valence-corrected chi connectivity index (χ4v) is 1.19. The summed E-state index contributed by atoms with van der Waals surface area (Å²) in [6, 6.07) is 5.06. The van der Waals surface area contributed by atoms with E-state index in [1.807, 2.05) is 5.43 Å². The third-order valence-corrected chi connectivity index (χ3v) is 1.77. The predicted molar refractivity (Wildman–Crippen MR) is 44.2 cm³/mol. The highest BCUT2D eigenvalue weighted by Crippen LogP contribution is 2.34. The first-order valence-corrected chi connectivity index (χ1v) is 3.72. The van der Waals surface area contributed by atoms with Crippen molar-refractivity contribution in [1.29, 1.82) is 0 Å². The van der Waals surface area contributed by atoms with Gasteiger partial charge < -0.3 is 9.47 Å². The monoisotopic (exact) mass is 180 g/mol. The molecule has 0 aliphatic carbocycles. The fraction of sp³-hybridized carbons (Fsp3) is 0.125. The molecule has 5 heteroatoms. The first-order valence-electron chi connectivity index (χ1n) is 3.72. The molecule has 1 aliphatic rings. The van der Waals surface area contributed by atoms with E-state index >= 15 is 0 Å². The number of hydrogen-bond acceptors (Lipinski definition) is 4. The molecule has 2 rings (SSSR count). The van der Waals surface area contributed by atoms with Gasteiger partial charge in [0.1, 0.15) is 0 Å². The lowest BCUT2D eigenvalue weighted by atomic mass is 10.2. The van der Waals surface area contributed by atoms with Crippen molar-refractivity contribution in [2.24, 2.45) is 5.84 Å². The highest BCUT2D eigenvalue weighted by Gasteiger charge is 2.20. The van der Waals surface area contributed by atoms with Crippen molar-refractivity contribution >= 4 is 5.91 Å². The molecule has 0 bridgehead atoms. The summed E-state index contributed by atoms with van der Waals surface area (Å²) in [5.74, 6) is 5.64. The smallest absolute Gasteiger partial charge is 0.269 e. The van der Waals surface area contributed by atoms with E-state index in [1.54, 1.807) is 18.2 Å². The molecule has 5 nitrogen and oxygen atoms in total. The van der Waals surface area contributed by atoms with Crippen LogP contribution in [-0.2, 0) is 0 Å². The number of benzene rings is 1. The Kier molecular flexibility index (Phi) is 1.79. The molecule has 0 spiro atoms. The van der Waals surface area contributed by atoms with E-state index in [4.69, 9.17) is 15.3 Å². The summed E-state index contributed by atoms with van der Waals surface area (Å²) in [6.07, 6.45) is 0. The van der Waals surface area contributed by atoms with Crippen LogP contribution in [0.5, 0.6) is 11.5 Å². The molecule has 1 aliphatic heterocycles. The number of ether oxygens (including phenoxy) is 2. The molecule has 13 heavy (non-hydrogen) atoms. The van der Waals surface area contributed by atoms with Crippen LogP contribution in [0.2, 0.25) is 0 Å². The van der Waals surface area contributed by atoms with E-state index in [0.717, 1.165) is 0 Å². The molecule has 0 saturated heterocycles. The predicted octanol–water partition coefficient (Wildman–Crippen LogP) is 0.0188. The molecule has 1 heterocycles. The maximum absolute atomic E-state index is 11.2. The maximum Gasteiger partial charge on any atom is 0.269 e. The lowest BCUT2D eigenvalue weighted by Gasteiger charge is -2.02. The van der Waals surface area contributed by atoms with E-state index in [9.17, 15) is 4.79 Å². The Labute approximate surface area is 74.4 Å². The Morgan fingerprint density at radius 3 is 3.08 bits per heavy atom.